The summed E-state index contributed by atoms with van der Waals surface area (Å²) in [6, 6.07) is 17.4. The molecule has 3 fully saturated rings. The molecule has 4 heterocycles. The van der Waals surface area contributed by atoms with E-state index in [0.29, 0.717) is 31.8 Å². The highest BCUT2D eigenvalue weighted by Crippen LogP contribution is 2.35. The van der Waals surface area contributed by atoms with Gasteiger partial charge in [-0.3, -0.25) is 19.6 Å². The third-order valence-electron chi connectivity index (χ3n) is 9.80. The van der Waals surface area contributed by atoms with Crippen LogP contribution in [0.4, 0.5) is 10.5 Å². The third-order valence-corrected chi connectivity index (χ3v) is 9.80. The molecule has 10 heteroatoms. The first-order valence-corrected chi connectivity index (χ1v) is 16.5. The number of carbonyl (C=O) groups is 3. The molecule has 3 saturated heterocycles. The van der Waals surface area contributed by atoms with Crippen molar-refractivity contribution >= 4 is 34.5 Å². The Morgan fingerprint density at radius 3 is 2.48 bits per heavy atom. The quantitative estimate of drug-likeness (QED) is 0.364. The number of likely N-dealkylation sites (tertiary alicyclic amines) is 1. The summed E-state index contributed by atoms with van der Waals surface area (Å²) in [5.41, 5.74) is 4.76. The van der Waals surface area contributed by atoms with Crippen molar-refractivity contribution in [3.63, 3.8) is 0 Å². The molecule has 1 aromatic heterocycles. The zero-order valence-corrected chi connectivity index (χ0v) is 27.3. The maximum Gasteiger partial charge on any atom is 0.410 e. The van der Waals surface area contributed by atoms with Crippen molar-refractivity contribution in [2.24, 2.45) is 18.9 Å². The molecule has 0 spiro atoms. The van der Waals surface area contributed by atoms with Crippen LogP contribution in [0.15, 0.2) is 42.5 Å². The van der Waals surface area contributed by atoms with Crippen molar-refractivity contribution in [3.05, 3.63) is 59.3 Å². The fourth-order valence-electron chi connectivity index (χ4n) is 7.21. The average Bonchev–Trinajstić information content (AvgIpc) is 3.61. The van der Waals surface area contributed by atoms with Crippen molar-refractivity contribution in [2.75, 3.05) is 31.1 Å². The fourth-order valence-corrected chi connectivity index (χ4v) is 7.21. The van der Waals surface area contributed by atoms with Gasteiger partial charge in [0.05, 0.1) is 29.1 Å². The molecule has 0 aliphatic carbocycles. The predicted octanol–water partition coefficient (Wildman–Crippen LogP) is 5.42. The van der Waals surface area contributed by atoms with Crippen LogP contribution < -0.4 is 10.2 Å². The summed E-state index contributed by atoms with van der Waals surface area (Å²) in [6.45, 7) is 8.46. The lowest BCUT2D eigenvalue weighted by atomic mass is 9.87. The van der Waals surface area contributed by atoms with E-state index < -0.39 is 11.5 Å². The molecule has 2 aromatic carbocycles. The largest absolute Gasteiger partial charge is 0.444 e. The number of hydrogen-bond donors (Lipinski definition) is 1. The van der Waals surface area contributed by atoms with Gasteiger partial charge < -0.3 is 14.5 Å². The zero-order chi connectivity index (χ0) is 32.6. The molecule has 1 N–H and O–H groups in total. The minimum atomic E-state index is -0.561. The summed E-state index contributed by atoms with van der Waals surface area (Å²) in [6.07, 6.45) is 4.91. The number of nitrogens with one attached hydrogen (secondary N) is 1. The topological polar surface area (TPSA) is 121 Å². The normalized spacial score (nSPS) is 22.6. The highest BCUT2D eigenvalue weighted by atomic mass is 16.6. The maximum atomic E-state index is 12.6. The number of rotatable bonds is 6. The van der Waals surface area contributed by atoms with E-state index in [2.05, 4.69) is 63.8 Å². The minimum absolute atomic E-state index is 0.00881. The van der Waals surface area contributed by atoms with Crippen LogP contribution in [-0.4, -0.2) is 64.4 Å². The Morgan fingerprint density at radius 1 is 1.07 bits per heavy atom. The summed E-state index contributed by atoms with van der Waals surface area (Å²) < 4.78 is 7.39. The predicted molar refractivity (Wildman–Crippen MR) is 175 cm³/mol. The number of nitriles is 1. The van der Waals surface area contributed by atoms with Gasteiger partial charge in [-0.2, -0.15) is 10.4 Å². The summed E-state index contributed by atoms with van der Waals surface area (Å²) in [4.78, 5) is 40.8. The first-order chi connectivity index (χ1) is 22.0. The van der Waals surface area contributed by atoms with Crippen molar-refractivity contribution in [3.8, 4) is 6.07 Å². The number of nitrogens with zero attached hydrogens (tertiary/aromatic N) is 5. The van der Waals surface area contributed by atoms with Gasteiger partial charge in [0.15, 0.2) is 0 Å². The van der Waals surface area contributed by atoms with Crippen LogP contribution in [0, 0.1) is 23.2 Å². The Labute approximate surface area is 270 Å². The summed E-state index contributed by atoms with van der Waals surface area (Å²) in [5.74, 6) is -0.457. The van der Waals surface area contributed by atoms with E-state index >= 15 is 0 Å². The first-order valence-electron chi connectivity index (χ1n) is 16.5. The first kappa shape index (κ1) is 31.6. The van der Waals surface area contributed by atoms with Gasteiger partial charge in [0.2, 0.25) is 11.8 Å². The number of piperidine rings is 2. The molecule has 6 rings (SSSR count). The van der Waals surface area contributed by atoms with Gasteiger partial charge in [-0.25, -0.2) is 4.79 Å². The van der Waals surface area contributed by atoms with Gasteiger partial charge in [0.25, 0.3) is 0 Å². The van der Waals surface area contributed by atoms with Crippen molar-refractivity contribution in [1.82, 2.24) is 20.0 Å². The second-order valence-corrected chi connectivity index (χ2v) is 14.2. The van der Waals surface area contributed by atoms with Gasteiger partial charge in [-0.05, 0) is 88.1 Å². The van der Waals surface area contributed by atoms with Gasteiger partial charge >= 0.3 is 6.09 Å². The van der Waals surface area contributed by atoms with Crippen LogP contribution in [0.1, 0.15) is 81.5 Å². The van der Waals surface area contributed by atoms with Crippen LogP contribution in [0.25, 0.3) is 10.9 Å². The number of carbonyl (C=O) groups excluding carboxylic acids is 3. The monoisotopic (exact) mass is 624 g/mol. The van der Waals surface area contributed by atoms with E-state index in [1.807, 2.05) is 32.5 Å². The van der Waals surface area contributed by atoms with Gasteiger partial charge in [0.1, 0.15) is 5.60 Å². The molecule has 0 saturated carbocycles. The highest BCUT2D eigenvalue weighted by molar-refractivity contribution is 6.02. The van der Waals surface area contributed by atoms with Crippen LogP contribution in [0.3, 0.4) is 0 Å². The number of hydrogen-bond acceptors (Lipinski definition) is 7. The Hall–Kier alpha value is -4.39. The standard InChI is InChI=1S/C36H44N6O4/c1-36(2,3)46-35(45)42-21-26(20-37)30(22-42)25-9-7-23(8-10-25)5-6-24-15-17-41(18-16-24)27-11-12-28-31(19-27)40(4)39-33(28)29-13-14-32(43)38-34(29)44/h7-12,19,24,26,29-30H,5-6,13-18,21-22H2,1-4H3,(H,38,43,44)/t26-,29?,30+/m1/s1. The Morgan fingerprint density at radius 2 is 1.80 bits per heavy atom. The van der Waals surface area contributed by atoms with Crippen molar-refractivity contribution in [2.45, 2.75) is 76.7 Å². The van der Waals surface area contributed by atoms with Crippen molar-refractivity contribution in [1.29, 1.82) is 5.26 Å². The number of fused-ring (bicyclic) bond motifs is 1. The molecule has 3 aromatic rings. The van der Waals surface area contributed by atoms with Gasteiger partial charge in [0, 0.05) is 56.6 Å². The fraction of sp³-hybridized carbons (Fsp3) is 0.528. The van der Waals surface area contributed by atoms with E-state index in [9.17, 15) is 19.6 Å². The van der Waals surface area contributed by atoms with Gasteiger partial charge in [-0.1, -0.05) is 24.3 Å². The third kappa shape index (κ3) is 6.74. The molecule has 1 unspecified atom stereocenters. The highest BCUT2D eigenvalue weighted by Gasteiger charge is 2.38. The number of benzene rings is 2. The molecule has 242 valence electrons. The van der Waals surface area contributed by atoms with E-state index in [-0.39, 0.29) is 29.7 Å². The molecule has 3 atom stereocenters. The van der Waals surface area contributed by atoms with Crippen LogP contribution in [0.2, 0.25) is 0 Å². The average molecular weight is 625 g/mol. The molecule has 3 aliphatic heterocycles. The SMILES string of the molecule is Cn1nc(C2CCC(=O)NC2=O)c2ccc(N3CCC(CCc4ccc([C@@H]5CN(C(=O)OC(C)(C)C)C[C@H]5C#N)cc4)CC3)cc21. The Balaban J connectivity index is 1.01. The minimum Gasteiger partial charge on any atom is -0.444 e. The molecule has 46 heavy (non-hydrogen) atoms. The lowest BCUT2D eigenvalue weighted by Gasteiger charge is -2.33. The second-order valence-electron chi connectivity index (χ2n) is 14.2. The number of anilines is 1. The van der Waals surface area contributed by atoms with Crippen LogP contribution >= 0.6 is 0 Å². The molecular formula is C36H44N6O4. The molecular weight excluding hydrogens is 580 g/mol. The summed E-state index contributed by atoms with van der Waals surface area (Å²) >= 11 is 0. The van der Waals surface area contributed by atoms with E-state index in [1.165, 1.54) is 11.3 Å². The number of amides is 3. The smallest absolute Gasteiger partial charge is 0.410 e. The number of aromatic nitrogens is 2. The molecule has 0 bridgehead atoms. The molecule has 3 amide bonds. The zero-order valence-electron chi connectivity index (χ0n) is 27.3. The Bertz CT molecular complexity index is 1660. The number of imide groups is 1. The lowest BCUT2D eigenvalue weighted by Crippen LogP contribution is -2.39. The molecule has 0 radical (unpaired) electrons. The second kappa shape index (κ2) is 12.8. The lowest BCUT2D eigenvalue weighted by molar-refractivity contribution is -0.134. The number of ether oxygens (including phenoxy) is 1. The van der Waals surface area contributed by atoms with Crippen molar-refractivity contribution < 1.29 is 19.1 Å². The molecule has 3 aliphatic rings. The van der Waals surface area contributed by atoms with E-state index in [4.69, 9.17) is 4.74 Å². The van der Waals surface area contributed by atoms with Crippen LogP contribution in [0.5, 0.6) is 0 Å². The summed E-state index contributed by atoms with van der Waals surface area (Å²) in [7, 11) is 1.91. The summed E-state index contributed by atoms with van der Waals surface area (Å²) in [5, 5.41) is 17.9. The maximum absolute atomic E-state index is 12.6. The number of aryl methyl sites for hydroxylation is 2. The van der Waals surface area contributed by atoms with E-state index in [1.54, 1.807) is 4.90 Å². The Kier molecular flexibility index (Phi) is 8.78. The van der Waals surface area contributed by atoms with Gasteiger partial charge in [-0.15, -0.1) is 0 Å². The van der Waals surface area contributed by atoms with Crippen LogP contribution in [-0.2, 0) is 27.8 Å². The molecule has 10 nitrogen and oxygen atoms in total. The van der Waals surface area contributed by atoms with E-state index in [0.717, 1.165) is 60.9 Å².